The van der Waals surface area contributed by atoms with Gasteiger partial charge in [-0.1, -0.05) is 11.8 Å². The van der Waals surface area contributed by atoms with E-state index in [0.29, 0.717) is 14.6 Å². The predicted octanol–water partition coefficient (Wildman–Crippen LogP) is 1.94. The van der Waals surface area contributed by atoms with Crippen molar-refractivity contribution in [2.24, 2.45) is 0 Å². The number of thioether (sulfide) groups is 1. The third kappa shape index (κ3) is 5.17. The maximum atomic E-state index is 11.7. The monoisotopic (exact) mass is 368 g/mol. The van der Waals surface area contributed by atoms with Crippen molar-refractivity contribution in [3.63, 3.8) is 0 Å². The van der Waals surface area contributed by atoms with Crippen molar-refractivity contribution in [3.05, 3.63) is 28.3 Å². The molecule has 0 saturated carbocycles. The van der Waals surface area contributed by atoms with E-state index in [9.17, 15) is 19.7 Å². The van der Waals surface area contributed by atoms with Gasteiger partial charge in [-0.2, -0.15) is 0 Å². The van der Waals surface area contributed by atoms with Crippen molar-refractivity contribution in [1.82, 2.24) is 15.6 Å². The topological polar surface area (TPSA) is 114 Å². The van der Waals surface area contributed by atoms with E-state index in [1.54, 1.807) is 6.07 Å². The summed E-state index contributed by atoms with van der Waals surface area (Å²) in [4.78, 5) is 37.8. The summed E-state index contributed by atoms with van der Waals surface area (Å²) in [7, 11) is 0. The van der Waals surface area contributed by atoms with Gasteiger partial charge in [-0.05, 0) is 19.9 Å². The molecule has 1 heterocycles. The van der Waals surface area contributed by atoms with Crippen LogP contribution >= 0.6 is 23.1 Å². The quantitative estimate of drug-likeness (QED) is 0.438. The first-order valence-electron chi connectivity index (χ1n) is 7.09. The molecule has 2 aromatic rings. The highest BCUT2D eigenvalue weighted by Gasteiger charge is 2.12. The van der Waals surface area contributed by atoms with Gasteiger partial charge in [0.2, 0.25) is 11.8 Å². The average molecular weight is 368 g/mol. The first-order chi connectivity index (χ1) is 11.3. The molecule has 0 atom stereocenters. The number of carbonyl (C=O) groups is 2. The highest BCUT2D eigenvalue weighted by Crippen LogP contribution is 2.31. The Kier molecular flexibility index (Phi) is 6.10. The van der Waals surface area contributed by atoms with E-state index in [-0.39, 0.29) is 35.8 Å². The molecule has 10 heteroatoms. The van der Waals surface area contributed by atoms with Crippen LogP contribution in [0.5, 0.6) is 0 Å². The Morgan fingerprint density at radius 3 is 2.79 bits per heavy atom. The largest absolute Gasteiger partial charge is 0.352 e. The van der Waals surface area contributed by atoms with Gasteiger partial charge in [0, 0.05) is 18.2 Å². The molecule has 0 unspecified atom stereocenters. The minimum Gasteiger partial charge on any atom is -0.352 e. The van der Waals surface area contributed by atoms with Gasteiger partial charge in [0.15, 0.2) is 4.34 Å². The number of hydrogen-bond acceptors (Lipinski definition) is 7. The normalized spacial score (nSPS) is 10.8. The lowest BCUT2D eigenvalue weighted by Gasteiger charge is -2.08. The standard InChI is InChI=1S/C14H16N4O4S2/c1-8(2)16-12(19)6-15-13(20)7-23-14-17-10-4-3-9(18(21)22)5-11(10)24-14/h3-5,8H,6-7H2,1-2H3,(H,15,20)(H,16,19). The average Bonchev–Trinajstić information content (AvgIpc) is 2.92. The number of hydrogen-bond donors (Lipinski definition) is 2. The molecule has 0 bridgehead atoms. The first-order valence-corrected chi connectivity index (χ1v) is 8.89. The summed E-state index contributed by atoms with van der Waals surface area (Å²) in [5.74, 6) is -0.392. The zero-order valence-corrected chi connectivity index (χ0v) is 14.7. The number of nitro groups is 1. The Morgan fingerprint density at radius 1 is 1.38 bits per heavy atom. The van der Waals surface area contributed by atoms with Crippen molar-refractivity contribution in [2.75, 3.05) is 12.3 Å². The summed E-state index contributed by atoms with van der Waals surface area (Å²) in [6.45, 7) is 3.61. The molecule has 1 aromatic carbocycles. The SMILES string of the molecule is CC(C)NC(=O)CNC(=O)CSc1nc2ccc([N+](=O)[O-])cc2s1. The first kappa shape index (κ1) is 18.1. The number of carbonyl (C=O) groups excluding carboxylic acids is 2. The number of fused-ring (bicyclic) bond motifs is 1. The Morgan fingerprint density at radius 2 is 2.12 bits per heavy atom. The second kappa shape index (κ2) is 8.06. The van der Waals surface area contributed by atoms with Crippen LogP contribution < -0.4 is 10.6 Å². The third-order valence-corrected chi connectivity index (χ3v) is 4.95. The minimum atomic E-state index is -0.457. The fourth-order valence-corrected chi connectivity index (χ4v) is 3.73. The van der Waals surface area contributed by atoms with E-state index in [4.69, 9.17) is 0 Å². The van der Waals surface area contributed by atoms with E-state index in [0.717, 1.165) is 0 Å². The van der Waals surface area contributed by atoms with Gasteiger partial charge in [-0.15, -0.1) is 11.3 Å². The zero-order valence-electron chi connectivity index (χ0n) is 13.1. The highest BCUT2D eigenvalue weighted by atomic mass is 32.2. The van der Waals surface area contributed by atoms with Crippen LogP contribution in [0, 0.1) is 10.1 Å². The smallest absolute Gasteiger partial charge is 0.270 e. The Bertz CT molecular complexity index is 775. The lowest BCUT2D eigenvalue weighted by molar-refractivity contribution is -0.384. The van der Waals surface area contributed by atoms with E-state index in [2.05, 4.69) is 15.6 Å². The van der Waals surface area contributed by atoms with Gasteiger partial charge in [-0.3, -0.25) is 19.7 Å². The van der Waals surface area contributed by atoms with Crippen LogP contribution in [0.2, 0.25) is 0 Å². The molecule has 2 rings (SSSR count). The number of benzene rings is 1. The molecule has 2 amide bonds. The van der Waals surface area contributed by atoms with E-state index < -0.39 is 4.92 Å². The lowest BCUT2D eigenvalue weighted by Crippen LogP contribution is -2.40. The third-order valence-electron chi connectivity index (χ3n) is 2.79. The maximum absolute atomic E-state index is 11.7. The number of aromatic nitrogens is 1. The molecule has 0 saturated heterocycles. The van der Waals surface area contributed by atoms with Crippen LogP contribution in [0.1, 0.15) is 13.8 Å². The molecule has 0 radical (unpaired) electrons. The van der Waals surface area contributed by atoms with Gasteiger partial charge < -0.3 is 10.6 Å². The van der Waals surface area contributed by atoms with Crippen LogP contribution in [-0.2, 0) is 9.59 Å². The van der Waals surface area contributed by atoms with Gasteiger partial charge in [-0.25, -0.2) is 4.98 Å². The summed E-state index contributed by atoms with van der Waals surface area (Å²) in [5, 5.41) is 16.0. The van der Waals surface area contributed by atoms with Crippen molar-refractivity contribution < 1.29 is 14.5 Å². The van der Waals surface area contributed by atoms with Crippen LogP contribution in [0.4, 0.5) is 5.69 Å². The summed E-state index contributed by atoms with van der Waals surface area (Å²) in [6.07, 6.45) is 0. The summed E-state index contributed by atoms with van der Waals surface area (Å²) < 4.78 is 1.34. The van der Waals surface area contributed by atoms with Gasteiger partial charge in [0.1, 0.15) is 0 Å². The molecule has 1 aromatic heterocycles. The van der Waals surface area contributed by atoms with Gasteiger partial charge in [0.05, 0.1) is 27.4 Å². The molecule has 24 heavy (non-hydrogen) atoms. The number of amides is 2. The lowest BCUT2D eigenvalue weighted by atomic mass is 10.3. The van der Waals surface area contributed by atoms with Gasteiger partial charge in [0.25, 0.3) is 5.69 Å². The Balaban J connectivity index is 1.87. The Hall–Kier alpha value is -2.20. The summed E-state index contributed by atoms with van der Waals surface area (Å²) >= 11 is 2.52. The van der Waals surface area contributed by atoms with Crippen molar-refractivity contribution in [1.29, 1.82) is 0 Å². The van der Waals surface area contributed by atoms with Crippen molar-refractivity contribution in [2.45, 2.75) is 24.2 Å². The molecular formula is C14H16N4O4S2. The number of rotatable bonds is 7. The maximum Gasteiger partial charge on any atom is 0.270 e. The molecule has 0 spiro atoms. The molecule has 2 N–H and O–H groups in total. The van der Waals surface area contributed by atoms with Crippen LogP contribution in [-0.4, -0.2) is 40.1 Å². The zero-order chi connectivity index (χ0) is 17.7. The van der Waals surface area contributed by atoms with Crippen LogP contribution in [0.3, 0.4) is 0 Å². The summed E-state index contributed by atoms with van der Waals surface area (Å²) in [6, 6.07) is 4.48. The predicted molar refractivity (Wildman–Crippen MR) is 93.3 cm³/mol. The Labute approximate surface area is 146 Å². The number of non-ortho nitro benzene ring substituents is 1. The van der Waals surface area contributed by atoms with Crippen LogP contribution in [0.15, 0.2) is 22.5 Å². The number of nitrogens with zero attached hydrogens (tertiary/aromatic N) is 2. The van der Waals surface area contributed by atoms with Crippen molar-refractivity contribution in [3.8, 4) is 0 Å². The summed E-state index contributed by atoms with van der Waals surface area (Å²) in [5.41, 5.74) is 0.668. The van der Waals surface area contributed by atoms with E-state index in [1.165, 1.54) is 35.2 Å². The second-order valence-corrected chi connectivity index (χ2v) is 7.43. The fourth-order valence-electron chi connectivity index (χ4n) is 1.80. The molecule has 0 aliphatic rings. The molecule has 0 fully saturated rings. The number of nitro benzene ring substituents is 1. The molecular weight excluding hydrogens is 352 g/mol. The molecule has 0 aliphatic carbocycles. The number of nitrogens with one attached hydrogen (secondary N) is 2. The number of thiazole rings is 1. The van der Waals surface area contributed by atoms with E-state index in [1.807, 2.05) is 13.8 Å². The van der Waals surface area contributed by atoms with Crippen molar-refractivity contribution >= 4 is 50.8 Å². The fraction of sp³-hybridized carbons (Fsp3) is 0.357. The molecule has 8 nitrogen and oxygen atoms in total. The van der Waals surface area contributed by atoms with Gasteiger partial charge >= 0.3 is 0 Å². The highest BCUT2D eigenvalue weighted by molar-refractivity contribution is 8.01. The second-order valence-electron chi connectivity index (χ2n) is 5.18. The molecule has 0 aliphatic heterocycles. The van der Waals surface area contributed by atoms with E-state index >= 15 is 0 Å². The molecule has 128 valence electrons. The minimum absolute atomic E-state index is 0.0107. The van der Waals surface area contributed by atoms with Crippen LogP contribution in [0.25, 0.3) is 10.2 Å².